The number of alkyl halides is 3. The average molecular weight is 509 g/mol. The van der Waals surface area contributed by atoms with Gasteiger partial charge in [0.05, 0.1) is 5.69 Å². The standard InChI is InChI=1S/C21H21F6N3O3S/c1-28(2)9-10-29(19(31)18-14(22)5-4-6-15(18)23)20(32)30(12-33-3)17-8-7-13(11-16(17)24)34-21(25,26)27/h4-8,11H,9-10,12H2,1-3H3. The lowest BCUT2D eigenvalue weighted by atomic mass is 10.1. The number of amides is 3. The number of hydrogen-bond donors (Lipinski definition) is 0. The maximum absolute atomic E-state index is 14.7. The summed E-state index contributed by atoms with van der Waals surface area (Å²) in [6.45, 7) is -0.840. The van der Waals surface area contributed by atoms with Crippen LogP contribution in [0.4, 0.5) is 36.8 Å². The molecule has 0 heterocycles. The summed E-state index contributed by atoms with van der Waals surface area (Å²) in [7, 11) is 4.41. The predicted octanol–water partition coefficient (Wildman–Crippen LogP) is 4.95. The lowest BCUT2D eigenvalue weighted by Crippen LogP contribution is -2.50. The normalized spacial score (nSPS) is 11.6. The van der Waals surface area contributed by atoms with Gasteiger partial charge in [-0.1, -0.05) is 6.07 Å². The number of carbonyl (C=O) groups is 2. The highest BCUT2D eigenvalue weighted by molar-refractivity contribution is 8.00. The summed E-state index contributed by atoms with van der Waals surface area (Å²) in [6, 6.07) is 3.97. The molecule has 0 saturated carbocycles. The van der Waals surface area contributed by atoms with Crippen LogP contribution >= 0.6 is 11.8 Å². The molecular formula is C21H21F6N3O3S. The SMILES string of the molecule is COCN(C(=O)N(CCN(C)C)C(=O)c1c(F)cccc1F)c1ccc(SC(F)(F)F)cc1F. The average Bonchev–Trinajstić information content (AvgIpc) is 2.71. The molecule has 186 valence electrons. The van der Waals surface area contributed by atoms with Gasteiger partial charge in [0.2, 0.25) is 0 Å². The van der Waals surface area contributed by atoms with Gasteiger partial charge in [-0.3, -0.25) is 14.6 Å². The molecule has 2 aromatic carbocycles. The first-order chi connectivity index (χ1) is 15.9. The van der Waals surface area contributed by atoms with E-state index >= 15 is 0 Å². The topological polar surface area (TPSA) is 53.1 Å². The predicted molar refractivity (Wildman–Crippen MR) is 114 cm³/mol. The number of hydrogen-bond acceptors (Lipinski definition) is 5. The Balaban J connectivity index is 2.48. The second kappa shape index (κ2) is 11.6. The van der Waals surface area contributed by atoms with E-state index in [1.807, 2.05) is 0 Å². The number of rotatable bonds is 8. The van der Waals surface area contributed by atoms with Crippen molar-refractivity contribution in [3.8, 4) is 0 Å². The highest BCUT2D eigenvalue weighted by Gasteiger charge is 2.34. The monoisotopic (exact) mass is 509 g/mol. The summed E-state index contributed by atoms with van der Waals surface area (Å²) in [4.78, 5) is 28.6. The van der Waals surface area contributed by atoms with Crippen molar-refractivity contribution < 1.29 is 40.7 Å². The van der Waals surface area contributed by atoms with Crippen molar-refractivity contribution in [2.45, 2.75) is 10.4 Å². The highest BCUT2D eigenvalue weighted by atomic mass is 32.2. The second-order valence-electron chi connectivity index (χ2n) is 7.15. The van der Waals surface area contributed by atoms with E-state index in [-0.39, 0.29) is 13.1 Å². The van der Waals surface area contributed by atoms with E-state index in [1.165, 1.54) is 0 Å². The van der Waals surface area contributed by atoms with Crippen molar-refractivity contribution in [3.63, 3.8) is 0 Å². The van der Waals surface area contributed by atoms with Crippen LogP contribution in [-0.2, 0) is 4.74 Å². The zero-order valence-electron chi connectivity index (χ0n) is 18.3. The zero-order valence-corrected chi connectivity index (χ0v) is 19.1. The van der Waals surface area contributed by atoms with Crippen LogP contribution in [0, 0.1) is 17.5 Å². The zero-order chi connectivity index (χ0) is 25.6. The molecule has 0 saturated heterocycles. The molecule has 2 aromatic rings. The largest absolute Gasteiger partial charge is 0.446 e. The molecule has 0 unspecified atom stereocenters. The molecular weight excluding hydrogens is 488 g/mol. The number of thioether (sulfide) groups is 1. The summed E-state index contributed by atoms with van der Waals surface area (Å²) in [5, 5.41) is 0. The molecule has 0 spiro atoms. The number of likely N-dealkylation sites (N-methyl/N-ethyl adjacent to an activating group) is 1. The maximum Gasteiger partial charge on any atom is 0.446 e. The van der Waals surface area contributed by atoms with Crippen LogP contribution in [0.2, 0.25) is 0 Å². The molecule has 0 radical (unpaired) electrons. The molecule has 0 aliphatic heterocycles. The van der Waals surface area contributed by atoms with E-state index in [9.17, 15) is 35.9 Å². The Hall–Kier alpha value is -2.77. The third-order valence-corrected chi connectivity index (χ3v) is 5.08. The number of carbonyl (C=O) groups excluding carboxylic acids is 2. The molecule has 0 N–H and O–H groups in total. The van der Waals surface area contributed by atoms with Crippen LogP contribution in [0.3, 0.4) is 0 Å². The van der Waals surface area contributed by atoms with Gasteiger partial charge in [-0.15, -0.1) is 0 Å². The van der Waals surface area contributed by atoms with Crippen molar-refractivity contribution in [2.75, 3.05) is 45.9 Å². The molecule has 0 aromatic heterocycles. The van der Waals surface area contributed by atoms with Crippen molar-refractivity contribution in [1.82, 2.24) is 9.80 Å². The Morgan fingerprint density at radius 2 is 1.59 bits per heavy atom. The minimum Gasteiger partial charge on any atom is -0.364 e. The number of methoxy groups -OCH3 is 1. The first-order valence-electron chi connectivity index (χ1n) is 9.62. The molecule has 0 bridgehead atoms. The van der Waals surface area contributed by atoms with E-state index in [0.29, 0.717) is 15.9 Å². The van der Waals surface area contributed by atoms with Crippen molar-refractivity contribution in [1.29, 1.82) is 0 Å². The first-order valence-corrected chi connectivity index (χ1v) is 10.4. The quantitative estimate of drug-likeness (QED) is 0.286. The van der Waals surface area contributed by atoms with Gasteiger partial charge in [0.25, 0.3) is 5.91 Å². The first kappa shape index (κ1) is 27.5. The smallest absolute Gasteiger partial charge is 0.364 e. The second-order valence-corrected chi connectivity index (χ2v) is 8.28. The molecule has 6 nitrogen and oxygen atoms in total. The van der Waals surface area contributed by atoms with Crippen LogP contribution in [0.25, 0.3) is 0 Å². The fourth-order valence-electron chi connectivity index (χ4n) is 2.83. The van der Waals surface area contributed by atoms with Crippen LogP contribution in [0.1, 0.15) is 10.4 Å². The van der Waals surface area contributed by atoms with Crippen LogP contribution in [0.15, 0.2) is 41.3 Å². The third-order valence-electron chi connectivity index (χ3n) is 4.36. The van der Waals surface area contributed by atoms with Crippen LogP contribution in [0.5, 0.6) is 0 Å². The lowest BCUT2D eigenvalue weighted by molar-refractivity contribution is -0.0328. The van der Waals surface area contributed by atoms with Gasteiger partial charge in [-0.05, 0) is 56.2 Å². The number of benzene rings is 2. The van der Waals surface area contributed by atoms with Crippen LogP contribution in [-0.4, -0.2) is 68.3 Å². The van der Waals surface area contributed by atoms with Gasteiger partial charge in [0.15, 0.2) is 0 Å². The van der Waals surface area contributed by atoms with Crippen molar-refractivity contribution in [2.24, 2.45) is 0 Å². The summed E-state index contributed by atoms with van der Waals surface area (Å²) < 4.78 is 85.9. The summed E-state index contributed by atoms with van der Waals surface area (Å²) >= 11 is -0.548. The van der Waals surface area contributed by atoms with Crippen molar-refractivity contribution in [3.05, 3.63) is 59.4 Å². The lowest BCUT2D eigenvalue weighted by Gasteiger charge is -2.30. The summed E-state index contributed by atoms with van der Waals surface area (Å²) in [5.74, 6) is -4.92. The Bertz CT molecular complexity index is 1020. The number of ether oxygens (including phenoxy) is 1. The van der Waals surface area contributed by atoms with Gasteiger partial charge in [0.1, 0.15) is 29.7 Å². The minimum atomic E-state index is -4.66. The number of urea groups is 1. The molecule has 13 heteroatoms. The molecule has 2 rings (SSSR count). The molecule has 0 aliphatic carbocycles. The van der Waals surface area contributed by atoms with Crippen molar-refractivity contribution >= 4 is 29.4 Å². The van der Waals surface area contributed by atoms with Gasteiger partial charge in [-0.25, -0.2) is 18.0 Å². The van der Waals surface area contributed by atoms with Gasteiger partial charge >= 0.3 is 11.5 Å². The van der Waals surface area contributed by atoms with Gasteiger partial charge in [-0.2, -0.15) is 13.2 Å². The van der Waals surface area contributed by atoms with E-state index in [2.05, 4.69) is 0 Å². The molecule has 0 aliphatic rings. The highest BCUT2D eigenvalue weighted by Crippen LogP contribution is 2.38. The summed E-state index contributed by atoms with van der Waals surface area (Å²) in [5.41, 5.74) is -6.13. The Morgan fingerprint density at radius 1 is 0.971 bits per heavy atom. The number of anilines is 1. The molecule has 0 fully saturated rings. The fourth-order valence-corrected chi connectivity index (χ4v) is 3.39. The fraction of sp³-hybridized carbons (Fsp3) is 0.333. The van der Waals surface area contributed by atoms with Gasteiger partial charge < -0.3 is 9.64 Å². The summed E-state index contributed by atoms with van der Waals surface area (Å²) in [6.07, 6.45) is 0. The molecule has 34 heavy (non-hydrogen) atoms. The third kappa shape index (κ3) is 7.11. The minimum absolute atomic E-state index is 0.0953. The molecule has 3 amide bonds. The Labute approximate surface area is 196 Å². The van der Waals surface area contributed by atoms with E-state index < -0.39 is 69.5 Å². The van der Waals surface area contributed by atoms with Gasteiger partial charge in [0, 0.05) is 25.1 Å². The van der Waals surface area contributed by atoms with E-state index in [4.69, 9.17) is 4.74 Å². The van der Waals surface area contributed by atoms with E-state index in [1.54, 1.807) is 19.0 Å². The van der Waals surface area contributed by atoms with E-state index in [0.717, 1.165) is 37.4 Å². The number of nitrogens with zero attached hydrogens (tertiary/aromatic N) is 3. The Kier molecular flexibility index (Phi) is 9.36. The maximum atomic E-state index is 14.7. The Morgan fingerprint density at radius 3 is 2.09 bits per heavy atom. The van der Waals surface area contributed by atoms with Crippen LogP contribution < -0.4 is 4.90 Å². The molecule has 0 atom stereocenters. The number of halogens is 6. The number of imide groups is 1.